The summed E-state index contributed by atoms with van der Waals surface area (Å²) in [6.07, 6.45) is 3.95. The topological polar surface area (TPSA) is 34.4 Å². The molecule has 4 heteroatoms. The number of methoxy groups -OCH3 is 1. The van der Waals surface area contributed by atoms with E-state index in [9.17, 15) is 4.39 Å². The zero-order valence-electron chi connectivity index (χ0n) is 11.2. The van der Waals surface area contributed by atoms with Gasteiger partial charge < -0.3 is 14.5 Å². The lowest BCUT2D eigenvalue weighted by Crippen LogP contribution is -2.24. The van der Waals surface area contributed by atoms with Crippen molar-refractivity contribution in [3.63, 3.8) is 0 Å². The average Bonchev–Trinajstić information content (AvgIpc) is 2.91. The van der Waals surface area contributed by atoms with E-state index < -0.39 is 0 Å². The molecule has 0 aliphatic heterocycles. The summed E-state index contributed by atoms with van der Waals surface area (Å²) in [6.45, 7) is 2.75. The molecule has 2 rings (SSSR count). The highest BCUT2D eigenvalue weighted by molar-refractivity contribution is 5.38. The predicted molar refractivity (Wildman–Crippen MR) is 71.8 cm³/mol. The van der Waals surface area contributed by atoms with Gasteiger partial charge in [-0.2, -0.15) is 0 Å². The molecule has 0 bridgehead atoms. The van der Waals surface area contributed by atoms with Crippen molar-refractivity contribution in [3.05, 3.63) is 53.7 Å². The van der Waals surface area contributed by atoms with E-state index in [4.69, 9.17) is 9.15 Å². The first-order valence-corrected chi connectivity index (χ1v) is 6.33. The molecule has 0 amide bonds. The van der Waals surface area contributed by atoms with E-state index in [1.807, 2.05) is 13.0 Å². The summed E-state index contributed by atoms with van der Waals surface area (Å²) in [5.41, 5.74) is 1.59. The Morgan fingerprint density at radius 3 is 2.84 bits per heavy atom. The number of hydrogen-bond acceptors (Lipinski definition) is 3. The molecule has 0 spiro atoms. The quantitative estimate of drug-likeness (QED) is 0.868. The summed E-state index contributed by atoms with van der Waals surface area (Å²) in [5.74, 6) is 0.309. The Morgan fingerprint density at radius 2 is 2.21 bits per heavy atom. The van der Waals surface area contributed by atoms with Crippen molar-refractivity contribution in [3.8, 4) is 5.75 Å². The minimum atomic E-state index is -0.256. The van der Waals surface area contributed by atoms with Crippen LogP contribution in [0.5, 0.6) is 5.75 Å². The molecular weight excluding hydrogens is 245 g/mol. The molecular formula is C15H18FNO2. The van der Waals surface area contributed by atoms with Crippen LogP contribution < -0.4 is 10.1 Å². The number of hydrogen-bond donors (Lipinski definition) is 1. The van der Waals surface area contributed by atoms with Crippen LogP contribution >= 0.6 is 0 Å². The van der Waals surface area contributed by atoms with E-state index in [0.29, 0.717) is 17.7 Å². The standard InChI is InChI=1S/C15H18FNO2/c1-3-17-13(9-11-7-8-19-10-11)15-12(16)5-4-6-14(15)18-2/h4-8,10,13,17H,3,9H2,1-2H3. The van der Waals surface area contributed by atoms with E-state index in [0.717, 1.165) is 12.1 Å². The Kier molecular flexibility index (Phi) is 4.58. The van der Waals surface area contributed by atoms with Crippen LogP contribution in [0, 0.1) is 5.82 Å². The maximum atomic E-state index is 14.1. The molecule has 0 fully saturated rings. The Labute approximate surface area is 112 Å². The molecule has 3 nitrogen and oxygen atoms in total. The molecule has 1 N–H and O–H groups in total. The summed E-state index contributed by atoms with van der Waals surface area (Å²) >= 11 is 0. The van der Waals surface area contributed by atoms with Crippen LogP contribution in [-0.2, 0) is 6.42 Å². The highest BCUT2D eigenvalue weighted by Gasteiger charge is 2.20. The zero-order valence-corrected chi connectivity index (χ0v) is 11.2. The van der Waals surface area contributed by atoms with Gasteiger partial charge in [-0.1, -0.05) is 13.0 Å². The number of halogens is 1. The molecule has 0 aliphatic rings. The van der Waals surface area contributed by atoms with E-state index in [-0.39, 0.29) is 11.9 Å². The molecule has 1 heterocycles. The van der Waals surface area contributed by atoms with Crippen molar-refractivity contribution < 1.29 is 13.5 Å². The van der Waals surface area contributed by atoms with Crippen molar-refractivity contribution in [2.24, 2.45) is 0 Å². The number of nitrogens with one attached hydrogen (secondary N) is 1. The Hall–Kier alpha value is -1.81. The van der Waals surface area contributed by atoms with Gasteiger partial charge in [-0.05, 0) is 36.7 Å². The third-order valence-electron chi connectivity index (χ3n) is 3.05. The highest BCUT2D eigenvalue weighted by Crippen LogP contribution is 2.30. The number of rotatable bonds is 6. The molecule has 0 saturated carbocycles. The van der Waals surface area contributed by atoms with Gasteiger partial charge in [0.2, 0.25) is 0 Å². The van der Waals surface area contributed by atoms with Gasteiger partial charge in [-0.3, -0.25) is 0 Å². The van der Waals surface area contributed by atoms with Crippen LogP contribution in [0.4, 0.5) is 4.39 Å². The van der Waals surface area contributed by atoms with Crippen LogP contribution in [0.1, 0.15) is 24.1 Å². The average molecular weight is 263 g/mol. The molecule has 1 unspecified atom stereocenters. The smallest absolute Gasteiger partial charge is 0.131 e. The van der Waals surface area contributed by atoms with Crippen molar-refractivity contribution >= 4 is 0 Å². The maximum Gasteiger partial charge on any atom is 0.131 e. The minimum absolute atomic E-state index is 0.140. The van der Waals surface area contributed by atoms with Gasteiger partial charge in [-0.25, -0.2) is 4.39 Å². The fourth-order valence-electron chi connectivity index (χ4n) is 2.20. The van der Waals surface area contributed by atoms with Crippen molar-refractivity contribution in [2.45, 2.75) is 19.4 Å². The van der Waals surface area contributed by atoms with Crippen LogP contribution in [0.15, 0.2) is 41.2 Å². The molecule has 0 aliphatic carbocycles. The van der Waals surface area contributed by atoms with E-state index in [1.165, 1.54) is 6.07 Å². The lowest BCUT2D eigenvalue weighted by molar-refractivity contribution is 0.390. The second-order valence-electron chi connectivity index (χ2n) is 4.30. The Morgan fingerprint density at radius 1 is 1.37 bits per heavy atom. The second-order valence-corrected chi connectivity index (χ2v) is 4.30. The van der Waals surface area contributed by atoms with Gasteiger partial charge in [0.05, 0.1) is 19.6 Å². The van der Waals surface area contributed by atoms with E-state index in [2.05, 4.69) is 5.32 Å². The van der Waals surface area contributed by atoms with Crippen LogP contribution in [0.25, 0.3) is 0 Å². The first-order chi connectivity index (χ1) is 9.26. The maximum absolute atomic E-state index is 14.1. The molecule has 2 aromatic rings. The van der Waals surface area contributed by atoms with Gasteiger partial charge >= 0.3 is 0 Å². The monoisotopic (exact) mass is 263 g/mol. The first-order valence-electron chi connectivity index (χ1n) is 6.33. The summed E-state index contributed by atoms with van der Waals surface area (Å²) in [6, 6.07) is 6.63. The molecule has 1 aromatic carbocycles. The normalized spacial score (nSPS) is 12.4. The molecule has 1 atom stereocenters. The molecule has 0 radical (unpaired) electrons. The van der Waals surface area contributed by atoms with Gasteiger partial charge in [0, 0.05) is 11.6 Å². The fourth-order valence-corrected chi connectivity index (χ4v) is 2.20. The lowest BCUT2D eigenvalue weighted by atomic mass is 9.99. The Bertz CT molecular complexity index is 511. The lowest BCUT2D eigenvalue weighted by Gasteiger charge is -2.20. The number of likely N-dealkylation sites (N-methyl/N-ethyl adjacent to an activating group) is 1. The van der Waals surface area contributed by atoms with Gasteiger partial charge in [0.25, 0.3) is 0 Å². The minimum Gasteiger partial charge on any atom is -0.496 e. The summed E-state index contributed by atoms with van der Waals surface area (Å²) in [5, 5.41) is 3.29. The zero-order chi connectivity index (χ0) is 13.7. The third-order valence-corrected chi connectivity index (χ3v) is 3.05. The second kappa shape index (κ2) is 6.38. The molecule has 1 aromatic heterocycles. The van der Waals surface area contributed by atoms with E-state index in [1.54, 1.807) is 31.8 Å². The van der Waals surface area contributed by atoms with Crippen LogP contribution in [-0.4, -0.2) is 13.7 Å². The Balaban J connectivity index is 2.33. The summed E-state index contributed by atoms with van der Waals surface area (Å²) < 4.78 is 24.4. The fraction of sp³-hybridized carbons (Fsp3) is 0.333. The van der Waals surface area contributed by atoms with Crippen LogP contribution in [0.2, 0.25) is 0 Å². The van der Waals surface area contributed by atoms with Gasteiger partial charge in [0.15, 0.2) is 0 Å². The third kappa shape index (κ3) is 3.15. The largest absolute Gasteiger partial charge is 0.496 e. The van der Waals surface area contributed by atoms with E-state index >= 15 is 0 Å². The molecule has 19 heavy (non-hydrogen) atoms. The number of ether oxygens (including phenoxy) is 1. The highest BCUT2D eigenvalue weighted by atomic mass is 19.1. The van der Waals surface area contributed by atoms with Gasteiger partial charge in [-0.15, -0.1) is 0 Å². The number of benzene rings is 1. The summed E-state index contributed by atoms with van der Waals surface area (Å²) in [7, 11) is 1.55. The summed E-state index contributed by atoms with van der Waals surface area (Å²) in [4.78, 5) is 0. The van der Waals surface area contributed by atoms with Gasteiger partial charge in [0.1, 0.15) is 11.6 Å². The van der Waals surface area contributed by atoms with Crippen molar-refractivity contribution in [2.75, 3.05) is 13.7 Å². The molecule has 102 valence electrons. The first kappa shape index (κ1) is 13.6. The predicted octanol–water partition coefficient (Wildman–Crippen LogP) is 3.32. The van der Waals surface area contributed by atoms with Crippen molar-refractivity contribution in [1.29, 1.82) is 0 Å². The van der Waals surface area contributed by atoms with Crippen molar-refractivity contribution in [1.82, 2.24) is 5.32 Å². The molecule has 0 saturated heterocycles. The number of furan rings is 1. The van der Waals surface area contributed by atoms with Crippen LogP contribution in [0.3, 0.4) is 0 Å². The SMILES string of the molecule is CCNC(Cc1ccoc1)c1c(F)cccc1OC.